The Balaban J connectivity index is 0.00000192. The van der Waals surface area contributed by atoms with E-state index < -0.39 is 0 Å². The van der Waals surface area contributed by atoms with E-state index in [2.05, 4.69) is 28.9 Å². The van der Waals surface area contributed by atoms with Gasteiger partial charge in [-0.25, -0.2) is 4.58 Å². The maximum Gasteiger partial charge on any atom is 0.199 e. The van der Waals surface area contributed by atoms with E-state index in [9.17, 15) is 5.11 Å². The SMILES string of the molecule is C[N+](C)=C1C=CC(=C/C=C2\C=Cc3ccc(O)cc3O2)C=C1.[Cl-]. The summed E-state index contributed by atoms with van der Waals surface area (Å²) in [4.78, 5) is 0. The summed E-state index contributed by atoms with van der Waals surface area (Å²) in [5, 5.41) is 9.52. The molecule has 0 amide bonds. The van der Waals surface area contributed by atoms with Crippen LogP contribution in [-0.2, 0) is 0 Å². The number of halogens is 1. The van der Waals surface area contributed by atoms with Gasteiger partial charge in [0.2, 0.25) is 0 Å². The highest BCUT2D eigenvalue weighted by Crippen LogP contribution is 2.30. The third-order valence-corrected chi connectivity index (χ3v) is 3.50. The van der Waals surface area contributed by atoms with Gasteiger partial charge in [-0.1, -0.05) is 6.08 Å². The molecule has 2 aliphatic rings. The molecule has 0 unspecified atom stereocenters. The molecule has 0 saturated carbocycles. The summed E-state index contributed by atoms with van der Waals surface area (Å²) in [6.45, 7) is 0. The van der Waals surface area contributed by atoms with Crippen LogP contribution in [0.3, 0.4) is 0 Å². The first kappa shape index (κ1) is 16.8. The summed E-state index contributed by atoms with van der Waals surface area (Å²) in [5.41, 5.74) is 3.24. The Kier molecular flexibility index (Phi) is 5.24. The van der Waals surface area contributed by atoms with Crippen LogP contribution in [0.2, 0.25) is 0 Å². The fourth-order valence-electron chi connectivity index (χ4n) is 2.23. The predicted molar refractivity (Wildman–Crippen MR) is 89.3 cm³/mol. The molecule has 118 valence electrons. The number of phenolic OH excluding ortho intramolecular Hbond substituents is 1. The largest absolute Gasteiger partial charge is 1.00 e. The Morgan fingerprint density at radius 1 is 0.957 bits per heavy atom. The lowest BCUT2D eigenvalue weighted by Gasteiger charge is -2.14. The second-order valence-corrected chi connectivity index (χ2v) is 5.38. The van der Waals surface area contributed by atoms with Crippen molar-refractivity contribution < 1.29 is 26.8 Å². The van der Waals surface area contributed by atoms with Crippen molar-refractivity contribution in [1.82, 2.24) is 0 Å². The van der Waals surface area contributed by atoms with Crippen LogP contribution >= 0.6 is 0 Å². The van der Waals surface area contributed by atoms with Crippen molar-refractivity contribution in [2.45, 2.75) is 0 Å². The molecule has 1 aromatic carbocycles. The number of fused-ring (bicyclic) bond motifs is 1. The lowest BCUT2D eigenvalue weighted by atomic mass is 10.1. The van der Waals surface area contributed by atoms with Crippen molar-refractivity contribution in [3.05, 3.63) is 77.6 Å². The maximum atomic E-state index is 9.52. The van der Waals surface area contributed by atoms with Crippen LogP contribution in [-0.4, -0.2) is 29.5 Å². The van der Waals surface area contributed by atoms with E-state index >= 15 is 0 Å². The van der Waals surface area contributed by atoms with Crippen LogP contribution in [0.25, 0.3) is 6.08 Å². The molecule has 1 N–H and O–H groups in total. The quantitative estimate of drug-likeness (QED) is 0.760. The predicted octanol–water partition coefficient (Wildman–Crippen LogP) is 0.451. The Morgan fingerprint density at radius 2 is 1.70 bits per heavy atom. The highest BCUT2D eigenvalue weighted by Gasteiger charge is 2.09. The summed E-state index contributed by atoms with van der Waals surface area (Å²) in [6.07, 6.45) is 16.1. The van der Waals surface area contributed by atoms with Crippen LogP contribution < -0.4 is 17.1 Å². The molecule has 1 aliphatic carbocycles. The fourth-order valence-corrected chi connectivity index (χ4v) is 2.23. The van der Waals surface area contributed by atoms with Crippen molar-refractivity contribution in [3.63, 3.8) is 0 Å². The number of hydrogen-bond acceptors (Lipinski definition) is 2. The van der Waals surface area contributed by atoms with Crippen LogP contribution in [0, 0.1) is 0 Å². The molecule has 0 radical (unpaired) electrons. The standard InChI is InChI=1S/C19H17NO2.ClH/c1-20(2)16-8-3-14(4-9-16)5-11-18-12-7-15-6-10-17(21)13-19(15)22-18;/h3-13H,1-2H3;1H. The Morgan fingerprint density at radius 3 is 2.39 bits per heavy atom. The molecule has 0 bridgehead atoms. The third-order valence-electron chi connectivity index (χ3n) is 3.50. The maximum absolute atomic E-state index is 9.52. The van der Waals surface area contributed by atoms with Gasteiger partial charge in [0.15, 0.2) is 5.71 Å². The van der Waals surface area contributed by atoms with E-state index in [1.54, 1.807) is 12.1 Å². The van der Waals surface area contributed by atoms with E-state index in [1.165, 1.54) is 5.71 Å². The second-order valence-electron chi connectivity index (χ2n) is 5.38. The molecular weight excluding hydrogens is 310 g/mol. The van der Waals surface area contributed by atoms with E-state index in [0.717, 1.165) is 16.9 Å². The molecule has 3 rings (SSSR count). The van der Waals surface area contributed by atoms with Crippen LogP contribution in [0.1, 0.15) is 5.56 Å². The minimum absolute atomic E-state index is 0. The highest BCUT2D eigenvalue weighted by molar-refractivity contribution is 6.02. The van der Waals surface area contributed by atoms with Gasteiger partial charge in [-0.2, -0.15) is 0 Å². The first-order valence-electron chi connectivity index (χ1n) is 7.13. The monoisotopic (exact) mass is 327 g/mol. The van der Waals surface area contributed by atoms with Crippen LogP contribution in [0.5, 0.6) is 11.5 Å². The zero-order chi connectivity index (χ0) is 15.5. The normalized spacial score (nSPS) is 16.7. The first-order chi connectivity index (χ1) is 10.6. The number of nitrogens with zero attached hydrogens (tertiary/aromatic N) is 1. The minimum atomic E-state index is 0. The summed E-state index contributed by atoms with van der Waals surface area (Å²) in [6, 6.07) is 5.11. The van der Waals surface area contributed by atoms with Crippen molar-refractivity contribution in [2.24, 2.45) is 0 Å². The average Bonchev–Trinajstić information content (AvgIpc) is 2.53. The average molecular weight is 328 g/mol. The molecule has 0 atom stereocenters. The van der Waals surface area contributed by atoms with Crippen molar-refractivity contribution in [3.8, 4) is 11.5 Å². The molecule has 3 nitrogen and oxygen atoms in total. The fraction of sp³-hybridized carbons (Fsp3) is 0.105. The summed E-state index contributed by atoms with van der Waals surface area (Å²) in [5.74, 6) is 1.62. The molecule has 4 heteroatoms. The van der Waals surface area contributed by atoms with E-state index in [4.69, 9.17) is 4.74 Å². The molecular formula is C19H18ClNO2. The molecule has 1 aromatic rings. The van der Waals surface area contributed by atoms with Gasteiger partial charge in [-0.3, -0.25) is 0 Å². The number of rotatable bonds is 1. The zero-order valence-electron chi connectivity index (χ0n) is 13.0. The smallest absolute Gasteiger partial charge is 0.199 e. The number of benzene rings is 1. The summed E-state index contributed by atoms with van der Waals surface area (Å²) < 4.78 is 7.84. The van der Waals surface area contributed by atoms with Gasteiger partial charge in [0.25, 0.3) is 0 Å². The number of ether oxygens (including phenoxy) is 1. The summed E-state index contributed by atoms with van der Waals surface area (Å²) >= 11 is 0. The highest BCUT2D eigenvalue weighted by atomic mass is 35.5. The van der Waals surface area contributed by atoms with E-state index in [-0.39, 0.29) is 18.2 Å². The number of phenols is 1. The Hall–Kier alpha value is -2.52. The Labute approximate surface area is 142 Å². The topological polar surface area (TPSA) is 32.5 Å². The zero-order valence-corrected chi connectivity index (χ0v) is 13.8. The third kappa shape index (κ3) is 4.02. The molecule has 1 heterocycles. The number of allylic oxidation sites excluding steroid dienone is 8. The lowest BCUT2D eigenvalue weighted by Crippen LogP contribution is -3.00. The first-order valence-corrected chi connectivity index (χ1v) is 7.13. The van der Waals surface area contributed by atoms with Gasteiger partial charge in [-0.15, -0.1) is 0 Å². The van der Waals surface area contributed by atoms with E-state index in [0.29, 0.717) is 5.75 Å². The molecule has 0 saturated heterocycles. The van der Waals surface area contributed by atoms with E-state index in [1.807, 2.05) is 44.5 Å². The van der Waals surface area contributed by atoms with Gasteiger partial charge in [0.1, 0.15) is 31.4 Å². The van der Waals surface area contributed by atoms with Crippen molar-refractivity contribution in [1.29, 1.82) is 0 Å². The molecule has 23 heavy (non-hydrogen) atoms. The minimum Gasteiger partial charge on any atom is -1.00 e. The number of aromatic hydroxyl groups is 1. The Bertz CT molecular complexity index is 774. The van der Waals surface area contributed by atoms with Crippen molar-refractivity contribution in [2.75, 3.05) is 14.1 Å². The molecule has 0 spiro atoms. The van der Waals surface area contributed by atoms with Crippen LogP contribution in [0.4, 0.5) is 0 Å². The van der Waals surface area contributed by atoms with Gasteiger partial charge >= 0.3 is 0 Å². The lowest BCUT2D eigenvalue weighted by molar-refractivity contribution is -0.462. The second kappa shape index (κ2) is 7.16. The molecule has 0 fully saturated rings. The van der Waals surface area contributed by atoms with Gasteiger partial charge in [0, 0.05) is 23.8 Å². The van der Waals surface area contributed by atoms with Gasteiger partial charge in [0.05, 0.1) is 0 Å². The summed E-state index contributed by atoms with van der Waals surface area (Å²) in [7, 11) is 4.04. The van der Waals surface area contributed by atoms with Gasteiger partial charge < -0.3 is 22.3 Å². The van der Waals surface area contributed by atoms with Crippen LogP contribution in [0.15, 0.2) is 72.1 Å². The van der Waals surface area contributed by atoms with Gasteiger partial charge in [-0.05, 0) is 48.1 Å². The van der Waals surface area contributed by atoms with Crippen molar-refractivity contribution >= 4 is 11.8 Å². The molecule has 1 aliphatic heterocycles. The number of hydrogen-bond donors (Lipinski definition) is 1. The molecule has 0 aromatic heterocycles.